The van der Waals surface area contributed by atoms with E-state index in [0.29, 0.717) is 46.7 Å². The van der Waals surface area contributed by atoms with Crippen LogP contribution in [-0.4, -0.2) is 34.9 Å². The number of rotatable bonds is 5. The monoisotopic (exact) mass is 437 g/mol. The highest BCUT2D eigenvalue weighted by molar-refractivity contribution is 7.16. The zero-order chi connectivity index (χ0) is 21.2. The number of thiazole rings is 1. The van der Waals surface area contributed by atoms with Crippen molar-refractivity contribution in [3.63, 3.8) is 0 Å². The molecule has 2 aliphatic heterocycles. The Labute approximate surface area is 183 Å². The molecule has 1 saturated heterocycles. The second-order valence-corrected chi connectivity index (χ2v) is 8.85. The quantitative estimate of drug-likeness (QED) is 0.728. The zero-order valence-corrected chi connectivity index (χ0v) is 17.7. The number of allylic oxidation sites excluding steroid dienone is 4. The molecule has 31 heavy (non-hydrogen) atoms. The summed E-state index contributed by atoms with van der Waals surface area (Å²) in [6, 6.07) is 3.59. The van der Waals surface area contributed by atoms with Crippen LogP contribution in [0.5, 0.6) is 0 Å². The number of aliphatic hydroxyl groups excluding tert-OH is 1. The Morgan fingerprint density at radius 2 is 2.16 bits per heavy atom. The minimum Gasteiger partial charge on any atom is -0.463 e. The average Bonchev–Trinajstić information content (AvgIpc) is 3.49. The van der Waals surface area contributed by atoms with Gasteiger partial charge in [0, 0.05) is 36.6 Å². The summed E-state index contributed by atoms with van der Waals surface area (Å²) in [4.78, 5) is 22.6. The number of nitrogens with one attached hydrogen (secondary N) is 1. The van der Waals surface area contributed by atoms with Crippen LogP contribution < -0.4 is 5.32 Å². The van der Waals surface area contributed by atoms with Crippen LogP contribution in [0.15, 0.2) is 63.9 Å². The number of fused-ring (bicyclic) bond motifs is 1. The van der Waals surface area contributed by atoms with Gasteiger partial charge in [0.25, 0.3) is 5.91 Å². The lowest BCUT2D eigenvalue weighted by Gasteiger charge is -2.26. The van der Waals surface area contributed by atoms with Gasteiger partial charge >= 0.3 is 0 Å². The van der Waals surface area contributed by atoms with Gasteiger partial charge in [0.1, 0.15) is 5.69 Å². The molecule has 2 unspecified atom stereocenters. The number of aromatic nitrogens is 1. The second kappa shape index (κ2) is 8.74. The maximum absolute atomic E-state index is 12.9. The first kappa shape index (κ1) is 20.1. The largest absolute Gasteiger partial charge is 0.463 e. The molecular formula is C23H23N3O4S. The van der Waals surface area contributed by atoms with Gasteiger partial charge < -0.3 is 14.3 Å². The van der Waals surface area contributed by atoms with Crippen molar-refractivity contribution in [3.05, 3.63) is 59.4 Å². The lowest BCUT2D eigenvalue weighted by molar-refractivity contribution is -0.113. The lowest BCUT2D eigenvalue weighted by Crippen LogP contribution is -2.22. The van der Waals surface area contributed by atoms with Gasteiger partial charge in [-0.1, -0.05) is 29.6 Å². The molecule has 5 rings (SSSR count). The van der Waals surface area contributed by atoms with E-state index < -0.39 is 6.10 Å². The maximum atomic E-state index is 12.9. The Morgan fingerprint density at radius 1 is 1.29 bits per heavy atom. The summed E-state index contributed by atoms with van der Waals surface area (Å²) >= 11 is 1.29. The molecule has 0 saturated carbocycles. The van der Waals surface area contributed by atoms with Crippen LogP contribution in [0.1, 0.15) is 30.2 Å². The van der Waals surface area contributed by atoms with E-state index in [-0.39, 0.29) is 17.7 Å². The number of nitrogens with zero attached hydrogens (tertiary/aromatic N) is 2. The van der Waals surface area contributed by atoms with Gasteiger partial charge in [-0.05, 0) is 43.4 Å². The van der Waals surface area contributed by atoms with Crippen LogP contribution in [0.4, 0.5) is 5.13 Å². The molecule has 2 atom stereocenters. The summed E-state index contributed by atoms with van der Waals surface area (Å²) in [5.74, 6) is 0.559. The second-order valence-electron chi connectivity index (χ2n) is 7.82. The Morgan fingerprint density at radius 3 is 2.97 bits per heavy atom. The normalized spacial score (nSPS) is 21.9. The lowest BCUT2D eigenvalue weighted by atomic mass is 9.89. The molecule has 0 spiro atoms. The fraction of sp³-hybridized carbons (Fsp3) is 0.348. The third-order valence-electron chi connectivity index (χ3n) is 5.81. The molecule has 8 heteroatoms. The minimum absolute atomic E-state index is 0.0893. The van der Waals surface area contributed by atoms with Gasteiger partial charge in [-0.15, -0.1) is 0 Å². The van der Waals surface area contributed by atoms with Crippen molar-refractivity contribution in [3.8, 4) is 11.5 Å². The van der Waals surface area contributed by atoms with Crippen molar-refractivity contribution in [2.45, 2.75) is 25.4 Å². The van der Waals surface area contributed by atoms with Crippen LogP contribution in [0.3, 0.4) is 0 Å². The van der Waals surface area contributed by atoms with Crippen molar-refractivity contribution >= 4 is 28.1 Å². The molecule has 160 valence electrons. The topological polar surface area (TPSA) is 97.0 Å². The van der Waals surface area contributed by atoms with Crippen LogP contribution >= 0.6 is 11.3 Å². The van der Waals surface area contributed by atoms with Gasteiger partial charge in [-0.3, -0.25) is 15.1 Å². The predicted octanol–water partition coefficient (Wildman–Crippen LogP) is 4.27. The highest BCUT2D eigenvalue weighted by Crippen LogP contribution is 2.41. The smallest absolute Gasteiger partial charge is 0.254 e. The molecule has 2 aromatic heterocycles. The first-order chi connectivity index (χ1) is 15.2. The molecule has 3 aliphatic rings. The molecule has 1 fully saturated rings. The van der Waals surface area contributed by atoms with Crippen molar-refractivity contribution < 1.29 is 19.1 Å². The first-order valence-corrected chi connectivity index (χ1v) is 11.2. The number of hydrogen-bond donors (Lipinski definition) is 2. The van der Waals surface area contributed by atoms with E-state index in [4.69, 9.17) is 9.15 Å². The van der Waals surface area contributed by atoms with Gasteiger partial charge in [0.15, 0.2) is 10.9 Å². The summed E-state index contributed by atoms with van der Waals surface area (Å²) in [6.07, 6.45) is 12.6. The third-order valence-corrected chi connectivity index (χ3v) is 6.85. The van der Waals surface area contributed by atoms with Crippen LogP contribution in [0.2, 0.25) is 0 Å². The van der Waals surface area contributed by atoms with Crippen LogP contribution in [-0.2, 0) is 9.53 Å². The summed E-state index contributed by atoms with van der Waals surface area (Å²) in [6.45, 7) is 1.28. The Kier molecular flexibility index (Phi) is 5.67. The number of aliphatic imine (C=N–C) groups is 1. The number of hydrogen-bond acceptors (Lipinski definition) is 7. The molecule has 2 N–H and O–H groups in total. The standard InChI is InChI=1S/C23H23N3O4S/c27-20(14-7-10-29-11-8-14)21-19(18-6-3-9-30-18)25-23(31-21)26-22(28)16-12-15-4-1-2-5-17(15)24-13-16/h1-6,9,13-15,20,27H,7-8,10-12H2,(H,25,26,28). The SMILES string of the molecule is O=C(Nc1nc(-c2ccco2)c(C(O)C2CCOCC2)s1)C1=CN=C2C=CC=CC2C1. The highest BCUT2D eigenvalue weighted by atomic mass is 32.1. The van der Waals surface area contributed by atoms with E-state index in [1.54, 1.807) is 18.5 Å². The van der Waals surface area contributed by atoms with E-state index >= 15 is 0 Å². The third kappa shape index (κ3) is 4.19. The molecule has 1 amide bonds. The number of anilines is 1. The van der Waals surface area contributed by atoms with E-state index in [1.165, 1.54) is 11.3 Å². The Hall–Kier alpha value is -2.81. The summed E-state index contributed by atoms with van der Waals surface area (Å²) in [5, 5.41) is 14.4. The predicted molar refractivity (Wildman–Crippen MR) is 119 cm³/mol. The molecule has 2 aromatic rings. The van der Waals surface area contributed by atoms with Crippen molar-refractivity contribution in [1.29, 1.82) is 0 Å². The number of aliphatic hydroxyl groups is 1. The molecular weight excluding hydrogens is 414 g/mol. The van der Waals surface area contributed by atoms with Gasteiger partial charge in [-0.25, -0.2) is 4.98 Å². The fourth-order valence-electron chi connectivity index (χ4n) is 4.08. The molecule has 7 nitrogen and oxygen atoms in total. The van der Waals surface area contributed by atoms with E-state index in [9.17, 15) is 9.90 Å². The number of ether oxygens (including phenoxy) is 1. The van der Waals surface area contributed by atoms with E-state index in [2.05, 4.69) is 21.4 Å². The van der Waals surface area contributed by atoms with Crippen molar-refractivity contribution in [2.24, 2.45) is 16.8 Å². The van der Waals surface area contributed by atoms with Gasteiger partial charge in [0.05, 0.1) is 17.2 Å². The summed E-state index contributed by atoms with van der Waals surface area (Å²) < 4.78 is 11.0. The number of amides is 1. The highest BCUT2D eigenvalue weighted by Gasteiger charge is 2.30. The summed E-state index contributed by atoms with van der Waals surface area (Å²) in [5.41, 5.74) is 2.15. The first-order valence-electron chi connectivity index (χ1n) is 10.4. The van der Waals surface area contributed by atoms with E-state index in [0.717, 1.165) is 18.6 Å². The van der Waals surface area contributed by atoms with E-state index in [1.807, 2.05) is 24.3 Å². The Balaban J connectivity index is 1.39. The molecule has 0 aromatic carbocycles. The molecule has 4 heterocycles. The minimum atomic E-state index is -0.688. The number of carbonyl (C=O) groups excluding carboxylic acids is 1. The number of furan rings is 1. The van der Waals surface area contributed by atoms with Crippen molar-refractivity contribution in [2.75, 3.05) is 18.5 Å². The fourth-order valence-corrected chi connectivity index (χ4v) is 5.12. The molecule has 0 radical (unpaired) electrons. The van der Waals surface area contributed by atoms with Crippen LogP contribution in [0, 0.1) is 11.8 Å². The molecule has 0 bridgehead atoms. The summed E-state index contributed by atoms with van der Waals surface area (Å²) in [7, 11) is 0. The van der Waals surface area contributed by atoms with Crippen LogP contribution in [0.25, 0.3) is 11.5 Å². The Bertz CT molecular complexity index is 1070. The van der Waals surface area contributed by atoms with Gasteiger partial charge in [0.2, 0.25) is 0 Å². The maximum Gasteiger partial charge on any atom is 0.254 e. The molecule has 1 aliphatic carbocycles. The van der Waals surface area contributed by atoms with Crippen molar-refractivity contribution in [1.82, 2.24) is 4.98 Å². The zero-order valence-electron chi connectivity index (χ0n) is 16.9. The number of carbonyl (C=O) groups is 1. The van der Waals surface area contributed by atoms with Gasteiger partial charge in [-0.2, -0.15) is 0 Å². The average molecular weight is 438 g/mol.